The summed E-state index contributed by atoms with van der Waals surface area (Å²) in [6, 6.07) is 0. The fourth-order valence-electron chi connectivity index (χ4n) is 1.79. The van der Waals surface area contributed by atoms with Crippen molar-refractivity contribution in [2.45, 2.75) is 18.2 Å². The molecule has 1 aliphatic rings. The van der Waals surface area contributed by atoms with Crippen LogP contribution in [0.4, 0.5) is 13.2 Å². The Labute approximate surface area is 90.8 Å². The van der Waals surface area contributed by atoms with Gasteiger partial charge in [-0.1, -0.05) is 5.11 Å². The van der Waals surface area contributed by atoms with Gasteiger partial charge in [0.15, 0.2) is 5.60 Å². The lowest BCUT2D eigenvalue weighted by Crippen LogP contribution is -2.49. The van der Waals surface area contributed by atoms with Gasteiger partial charge in [0.2, 0.25) is 0 Å². The van der Waals surface area contributed by atoms with Crippen molar-refractivity contribution in [1.29, 1.82) is 0 Å². The summed E-state index contributed by atoms with van der Waals surface area (Å²) in [7, 11) is 1.07. The van der Waals surface area contributed by atoms with Crippen molar-refractivity contribution in [3.05, 3.63) is 10.4 Å². The number of hydrogen-bond acceptors (Lipinski definition) is 3. The molecule has 0 saturated carbocycles. The second-order valence-corrected chi connectivity index (χ2v) is 3.68. The van der Waals surface area contributed by atoms with Crippen LogP contribution in [0.3, 0.4) is 0 Å². The maximum Gasteiger partial charge on any atom is 0.418 e. The fraction of sp³-hybridized carbons (Fsp3) is 1.00. The average Bonchev–Trinajstić information content (AvgIpc) is 2.62. The summed E-state index contributed by atoms with van der Waals surface area (Å²) in [6.45, 7) is 0.599. The van der Waals surface area contributed by atoms with Crippen LogP contribution in [0, 0.1) is 0 Å². The SMILES string of the molecule is CO[C@]1(C(F)(F)F)CCN(CCN=[N+]=[N-])C1. The van der Waals surface area contributed by atoms with E-state index in [2.05, 4.69) is 14.8 Å². The number of azide groups is 1. The molecule has 1 rings (SSSR count). The minimum atomic E-state index is -4.37. The third-order valence-corrected chi connectivity index (χ3v) is 2.80. The van der Waals surface area contributed by atoms with Gasteiger partial charge in [-0.15, -0.1) is 0 Å². The fourth-order valence-corrected chi connectivity index (χ4v) is 1.79. The first-order valence-electron chi connectivity index (χ1n) is 4.80. The topological polar surface area (TPSA) is 61.2 Å². The Balaban J connectivity index is 2.58. The molecule has 1 atom stereocenters. The molecule has 0 amide bonds. The van der Waals surface area contributed by atoms with Gasteiger partial charge in [0.05, 0.1) is 0 Å². The molecule has 1 aliphatic heterocycles. The normalized spacial score (nSPS) is 26.8. The predicted molar refractivity (Wildman–Crippen MR) is 50.9 cm³/mol. The van der Waals surface area contributed by atoms with E-state index in [1.54, 1.807) is 4.90 Å². The second-order valence-electron chi connectivity index (χ2n) is 3.68. The van der Waals surface area contributed by atoms with E-state index in [4.69, 9.17) is 5.53 Å². The van der Waals surface area contributed by atoms with E-state index in [1.165, 1.54) is 0 Å². The van der Waals surface area contributed by atoms with Crippen molar-refractivity contribution in [1.82, 2.24) is 4.90 Å². The summed E-state index contributed by atoms with van der Waals surface area (Å²) in [5.41, 5.74) is 5.99. The summed E-state index contributed by atoms with van der Waals surface area (Å²) >= 11 is 0. The molecular formula is C8H13F3N4O. The van der Waals surface area contributed by atoms with Crippen LogP contribution < -0.4 is 0 Å². The molecule has 0 aromatic rings. The van der Waals surface area contributed by atoms with E-state index in [-0.39, 0.29) is 19.5 Å². The van der Waals surface area contributed by atoms with E-state index in [0.29, 0.717) is 13.1 Å². The van der Waals surface area contributed by atoms with Crippen molar-refractivity contribution >= 4 is 0 Å². The first kappa shape index (κ1) is 13.1. The van der Waals surface area contributed by atoms with Gasteiger partial charge in [-0.25, -0.2) is 0 Å². The number of rotatable bonds is 4. The van der Waals surface area contributed by atoms with Gasteiger partial charge < -0.3 is 4.74 Å². The Morgan fingerprint density at radius 1 is 1.56 bits per heavy atom. The second kappa shape index (κ2) is 4.90. The molecule has 0 aliphatic carbocycles. The summed E-state index contributed by atoms with van der Waals surface area (Å²) in [5.74, 6) is 0. The Morgan fingerprint density at radius 2 is 2.25 bits per heavy atom. The first-order valence-corrected chi connectivity index (χ1v) is 4.80. The van der Waals surface area contributed by atoms with Gasteiger partial charge in [-0.2, -0.15) is 13.2 Å². The Hall–Kier alpha value is -0.980. The summed E-state index contributed by atoms with van der Waals surface area (Å²) in [6.07, 6.45) is -4.45. The monoisotopic (exact) mass is 238 g/mol. The quantitative estimate of drug-likeness (QED) is 0.427. The molecule has 1 fully saturated rings. The highest BCUT2D eigenvalue weighted by molar-refractivity contribution is 4.97. The molecule has 16 heavy (non-hydrogen) atoms. The number of alkyl halides is 3. The average molecular weight is 238 g/mol. The zero-order valence-corrected chi connectivity index (χ0v) is 8.87. The van der Waals surface area contributed by atoms with E-state index >= 15 is 0 Å². The smallest absolute Gasteiger partial charge is 0.367 e. The maximum atomic E-state index is 12.7. The van der Waals surface area contributed by atoms with Gasteiger partial charge in [-0.05, 0) is 12.0 Å². The number of hydrogen-bond donors (Lipinski definition) is 0. The number of ether oxygens (including phenoxy) is 1. The molecule has 5 nitrogen and oxygen atoms in total. The van der Waals surface area contributed by atoms with Gasteiger partial charge in [0.1, 0.15) is 0 Å². The molecular weight excluding hydrogens is 225 g/mol. The van der Waals surface area contributed by atoms with Gasteiger partial charge in [0.25, 0.3) is 0 Å². The Morgan fingerprint density at radius 3 is 2.69 bits per heavy atom. The van der Waals surface area contributed by atoms with Crippen molar-refractivity contribution < 1.29 is 17.9 Å². The zero-order chi connectivity index (χ0) is 12.2. The molecule has 1 saturated heterocycles. The van der Waals surface area contributed by atoms with Crippen molar-refractivity contribution in [3.8, 4) is 0 Å². The van der Waals surface area contributed by atoms with Crippen LogP contribution >= 0.6 is 0 Å². The minimum absolute atomic E-state index is 0.0801. The molecule has 92 valence electrons. The molecule has 0 aromatic heterocycles. The maximum absolute atomic E-state index is 12.7. The lowest BCUT2D eigenvalue weighted by atomic mass is 10.0. The van der Waals surface area contributed by atoms with Crippen LogP contribution in [-0.2, 0) is 4.74 Å². The van der Waals surface area contributed by atoms with E-state index < -0.39 is 11.8 Å². The highest BCUT2D eigenvalue weighted by atomic mass is 19.4. The zero-order valence-electron chi connectivity index (χ0n) is 8.87. The molecule has 0 bridgehead atoms. The van der Waals surface area contributed by atoms with Crippen LogP contribution in [0.2, 0.25) is 0 Å². The van der Waals surface area contributed by atoms with Gasteiger partial charge >= 0.3 is 6.18 Å². The third-order valence-electron chi connectivity index (χ3n) is 2.80. The standard InChI is InChI=1S/C8H13F3N4O/c1-16-7(8(9,10)11)2-4-15(6-7)5-3-13-14-12/h2-6H2,1H3/t7-/m1/s1. The van der Waals surface area contributed by atoms with E-state index in [1.807, 2.05) is 0 Å². The molecule has 0 unspecified atom stereocenters. The number of halogens is 3. The van der Waals surface area contributed by atoms with Gasteiger partial charge in [-0.3, -0.25) is 4.90 Å². The largest absolute Gasteiger partial charge is 0.418 e. The molecule has 0 radical (unpaired) electrons. The predicted octanol–water partition coefficient (Wildman–Crippen LogP) is 1.95. The number of nitrogens with zero attached hydrogens (tertiary/aromatic N) is 4. The minimum Gasteiger partial charge on any atom is -0.367 e. The van der Waals surface area contributed by atoms with Crippen molar-refractivity contribution in [2.24, 2.45) is 5.11 Å². The highest BCUT2D eigenvalue weighted by Gasteiger charge is 2.58. The molecule has 8 heteroatoms. The van der Waals surface area contributed by atoms with Crippen LogP contribution in [-0.4, -0.2) is 50.0 Å². The van der Waals surface area contributed by atoms with Crippen LogP contribution in [0.1, 0.15) is 6.42 Å². The summed E-state index contributed by atoms with van der Waals surface area (Å²) < 4.78 is 42.9. The van der Waals surface area contributed by atoms with E-state index in [9.17, 15) is 13.2 Å². The van der Waals surface area contributed by atoms with Gasteiger partial charge in [0, 0.05) is 38.2 Å². The first-order chi connectivity index (χ1) is 7.45. The lowest BCUT2D eigenvalue weighted by Gasteiger charge is -2.30. The molecule has 0 N–H and O–H groups in total. The third kappa shape index (κ3) is 2.58. The molecule has 0 spiro atoms. The van der Waals surface area contributed by atoms with Crippen LogP contribution in [0.25, 0.3) is 10.4 Å². The van der Waals surface area contributed by atoms with Crippen LogP contribution in [0.5, 0.6) is 0 Å². The Bertz CT molecular complexity index is 289. The van der Waals surface area contributed by atoms with Crippen molar-refractivity contribution in [3.63, 3.8) is 0 Å². The van der Waals surface area contributed by atoms with Crippen molar-refractivity contribution in [2.75, 3.05) is 33.3 Å². The number of methoxy groups -OCH3 is 1. The lowest BCUT2D eigenvalue weighted by molar-refractivity contribution is -0.263. The molecule has 1 heterocycles. The Kier molecular flexibility index (Phi) is 4.01. The number of likely N-dealkylation sites (tertiary alicyclic amines) is 1. The summed E-state index contributed by atoms with van der Waals surface area (Å²) in [4.78, 5) is 4.14. The van der Waals surface area contributed by atoms with Crippen LogP contribution in [0.15, 0.2) is 5.11 Å². The molecule has 0 aromatic carbocycles. The summed E-state index contributed by atoms with van der Waals surface area (Å²) in [5, 5.41) is 3.29. The van der Waals surface area contributed by atoms with E-state index in [0.717, 1.165) is 7.11 Å². The highest BCUT2D eigenvalue weighted by Crippen LogP contribution is 2.40.